The molecule has 3 heteroatoms. The zero-order chi connectivity index (χ0) is 12.0. The van der Waals surface area contributed by atoms with E-state index in [1.54, 1.807) is 0 Å². The molecule has 0 radical (unpaired) electrons. The highest BCUT2D eigenvalue weighted by Crippen LogP contribution is 2.52. The summed E-state index contributed by atoms with van der Waals surface area (Å²) in [4.78, 5) is 4.35. The number of nitrogens with two attached hydrogens (primary N) is 1. The summed E-state index contributed by atoms with van der Waals surface area (Å²) in [5.74, 6) is 1.83. The molecule has 1 heterocycles. The molecule has 3 nitrogen and oxygen atoms in total. The Labute approximate surface area is 103 Å². The van der Waals surface area contributed by atoms with E-state index >= 15 is 0 Å². The maximum atomic E-state index is 6.14. The topological polar surface area (TPSA) is 43.8 Å². The summed E-state index contributed by atoms with van der Waals surface area (Å²) in [6.07, 6.45) is 10.6. The molecule has 1 aromatic heterocycles. The molecule has 0 spiro atoms. The smallest absolute Gasteiger partial charge is 0.0950 e. The number of nitrogens with zero attached hydrogens (tertiary/aromatic N) is 2. The highest BCUT2D eigenvalue weighted by Gasteiger charge is 2.43. The molecule has 2 aliphatic rings. The van der Waals surface area contributed by atoms with Crippen molar-refractivity contribution in [3.63, 3.8) is 0 Å². The van der Waals surface area contributed by atoms with Crippen LogP contribution >= 0.6 is 0 Å². The fourth-order valence-electron chi connectivity index (χ4n) is 2.92. The summed E-state index contributed by atoms with van der Waals surface area (Å²) in [6, 6.07) is 0.717. The molecule has 3 rings (SSSR count). The zero-order valence-electron chi connectivity index (χ0n) is 10.9. The number of aromatic nitrogens is 2. The summed E-state index contributed by atoms with van der Waals surface area (Å²) in [7, 11) is 0. The molecule has 0 aliphatic heterocycles. The van der Waals surface area contributed by atoms with Gasteiger partial charge in [-0.15, -0.1) is 0 Å². The van der Waals surface area contributed by atoms with Gasteiger partial charge in [0.15, 0.2) is 0 Å². The zero-order valence-corrected chi connectivity index (χ0v) is 10.9. The van der Waals surface area contributed by atoms with Crippen molar-refractivity contribution in [3.05, 3.63) is 18.2 Å². The molecule has 1 aromatic rings. The van der Waals surface area contributed by atoms with Crippen LogP contribution in [-0.4, -0.2) is 15.1 Å². The lowest BCUT2D eigenvalue weighted by Gasteiger charge is -2.24. The Morgan fingerprint density at radius 1 is 1.35 bits per heavy atom. The molecule has 2 aliphatic carbocycles. The molecule has 0 aromatic carbocycles. The standard InChI is InChI=1S/C14H23N3/c1-14(2,15)7-12-8-16-9-17(12)13(10-3-4-10)11-5-6-11/h8-11,13H,3-7,15H2,1-2H3. The summed E-state index contributed by atoms with van der Waals surface area (Å²) in [6.45, 7) is 4.18. The molecule has 0 saturated heterocycles. The average Bonchev–Trinajstić information content (AvgIpc) is 3.07. The van der Waals surface area contributed by atoms with Crippen molar-refractivity contribution in [2.75, 3.05) is 0 Å². The highest BCUT2D eigenvalue weighted by atomic mass is 15.1. The monoisotopic (exact) mass is 233 g/mol. The lowest BCUT2D eigenvalue weighted by Crippen LogP contribution is -2.35. The maximum absolute atomic E-state index is 6.14. The third kappa shape index (κ3) is 2.54. The second-order valence-corrected chi connectivity index (χ2v) is 6.62. The molecule has 2 N–H and O–H groups in total. The van der Waals surface area contributed by atoms with Crippen LogP contribution in [0.5, 0.6) is 0 Å². The maximum Gasteiger partial charge on any atom is 0.0950 e. The van der Waals surface area contributed by atoms with Gasteiger partial charge >= 0.3 is 0 Å². The minimum absolute atomic E-state index is 0.143. The first-order valence-corrected chi connectivity index (χ1v) is 6.84. The predicted octanol–water partition coefficient (Wildman–Crippen LogP) is 2.52. The summed E-state index contributed by atoms with van der Waals surface area (Å²) < 4.78 is 2.43. The normalized spacial score (nSPS) is 21.2. The predicted molar refractivity (Wildman–Crippen MR) is 68.7 cm³/mol. The van der Waals surface area contributed by atoms with Crippen LogP contribution in [0.3, 0.4) is 0 Å². The average molecular weight is 233 g/mol. The van der Waals surface area contributed by atoms with E-state index in [-0.39, 0.29) is 5.54 Å². The number of hydrogen-bond acceptors (Lipinski definition) is 2. The van der Waals surface area contributed by atoms with Crippen molar-refractivity contribution in [2.45, 2.75) is 57.5 Å². The van der Waals surface area contributed by atoms with Crippen LogP contribution in [0.25, 0.3) is 0 Å². The Kier molecular flexibility index (Phi) is 2.54. The van der Waals surface area contributed by atoms with Gasteiger partial charge < -0.3 is 10.3 Å². The fraction of sp³-hybridized carbons (Fsp3) is 0.786. The van der Waals surface area contributed by atoms with Crippen molar-refractivity contribution in [2.24, 2.45) is 17.6 Å². The van der Waals surface area contributed by atoms with Gasteiger partial charge in [-0.25, -0.2) is 4.98 Å². The Hall–Kier alpha value is -0.830. The first kappa shape index (κ1) is 11.3. The minimum atomic E-state index is -0.143. The second kappa shape index (κ2) is 3.84. The molecule has 0 bridgehead atoms. The Balaban J connectivity index is 1.83. The van der Waals surface area contributed by atoms with Crippen LogP contribution in [0.2, 0.25) is 0 Å². The SMILES string of the molecule is CC(C)(N)Cc1cncn1C(C1CC1)C1CC1. The molecule has 0 amide bonds. The highest BCUT2D eigenvalue weighted by molar-refractivity contribution is 5.09. The first-order chi connectivity index (χ1) is 8.04. The number of hydrogen-bond donors (Lipinski definition) is 1. The van der Waals surface area contributed by atoms with Crippen molar-refractivity contribution in [3.8, 4) is 0 Å². The van der Waals surface area contributed by atoms with E-state index < -0.39 is 0 Å². The van der Waals surface area contributed by atoms with E-state index in [4.69, 9.17) is 5.73 Å². The van der Waals surface area contributed by atoms with Crippen LogP contribution in [0.1, 0.15) is 51.3 Å². The third-order valence-electron chi connectivity index (χ3n) is 3.91. The largest absolute Gasteiger partial charge is 0.331 e. The van der Waals surface area contributed by atoms with Gasteiger partial charge in [0, 0.05) is 29.9 Å². The van der Waals surface area contributed by atoms with Crippen molar-refractivity contribution < 1.29 is 0 Å². The van der Waals surface area contributed by atoms with Crippen molar-refractivity contribution in [1.82, 2.24) is 9.55 Å². The van der Waals surface area contributed by atoms with Crippen LogP contribution in [0.15, 0.2) is 12.5 Å². The van der Waals surface area contributed by atoms with Crippen LogP contribution < -0.4 is 5.73 Å². The van der Waals surface area contributed by atoms with E-state index in [0.29, 0.717) is 0 Å². The van der Waals surface area contributed by atoms with Gasteiger partial charge in [0.25, 0.3) is 0 Å². The number of imidazole rings is 1. The van der Waals surface area contributed by atoms with E-state index in [0.717, 1.165) is 24.3 Å². The van der Waals surface area contributed by atoms with Crippen LogP contribution in [-0.2, 0) is 6.42 Å². The van der Waals surface area contributed by atoms with Gasteiger partial charge in [-0.1, -0.05) is 0 Å². The Morgan fingerprint density at radius 2 is 1.94 bits per heavy atom. The Morgan fingerprint density at radius 3 is 2.41 bits per heavy atom. The molecule has 2 saturated carbocycles. The Bertz CT molecular complexity index is 382. The summed E-state index contributed by atoms with van der Waals surface area (Å²) in [5.41, 5.74) is 7.32. The molecule has 2 fully saturated rings. The van der Waals surface area contributed by atoms with Gasteiger partial charge in [-0.3, -0.25) is 0 Å². The molecule has 0 unspecified atom stereocenters. The quantitative estimate of drug-likeness (QED) is 0.849. The van der Waals surface area contributed by atoms with E-state index in [1.807, 2.05) is 12.5 Å². The molecule has 94 valence electrons. The van der Waals surface area contributed by atoms with Gasteiger partial charge in [-0.2, -0.15) is 0 Å². The van der Waals surface area contributed by atoms with Crippen LogP contribution in [0, 0.1) is 11.8 Å². The first-order valence-electron chi connectivity index (χ1n) is 6.84. The van der Waals surface area contributed by atoms with Gasteiger partial charge in [0.2, 0.25) is 0 Å². The van der Waals surface area contributed by atoms with Crippen molar-refractivity contribution >= 4 is 0 Å². The third-order valence-corrected chi connectivity index (χ3v) is 3.91. The minimum Gasteiger partial charge on any atom is -0.331 e. The molecular weight excluding hydrogens is 210 g/mol. The number of rotatable bonds is 5. The molecular formula is C14H23N3. The van der Waals surface area contributed by atoms with E-state index in [9.17, 15) is 0 Å². The van der Waals surface area contributed by atoms with Gasteiger partial charge in [0.1, 0.15) is 0 Å². The van der Waals surface area contributed by atoms with Crippen molar-refractivity contribution in [1.29, 1.82) is 0 Å². The van der Waals surface area contributed by atoms with Gasteiger partial charge in [-0.05, 0) is 51.4 Å². The van der Waals surface area contributed by atoms with Gasteiger partial charge in [0.05, 0.1) is 6.33 Å². The lowest BCUT2D eigenvalue weighted by molar-refractivity contribution is 0.373. The van der Waals surface area contributed by atoms with E-state index in [1.165, 1.54) is 31.4 Å². The van der Waals surface area contributed by atoms with Crippen LogP contribution in [0.4, 0.5) is 0 Å². The molecule has 0 atom stereocenters. The fourth-order valence-corrected chi connectivity index (χ4v) is 2.92. The molecule has 17 heavy (non-hydrogen) atoms. The summed E-state index contributed by atoms with van der Waals surface area (Å²) >= 11 is 0. The second-order valence-electron chi connectivity index (χ2n) is 6.62. The van der Waals surface area contributed by atoms with E-state index in [2.05, 4.69) is 23.4 Å². The lowest BCUT2D eigenvalue weighted by atomic mass is 9.99. The summed E-state index contributed by atoms with van der Waals surface area (Å²) in [5, 5.41) is 0.